The lowest BCUT2D eigenvalue weighted by Crippen LogP contribution is -2.40. The molecule has 4 N–H and O–H groups in total. The molecule has 3 rings (SSSR count). The van der Waals surface area contributed by atoms with E-state index in [0.29, 0.717) is 18.8 Å². The molecule has 26 heavy (non-hydrogen) atoms. The van der Waals surface area contributed by atoms with E-state index in [1.54, 1.807) is 29.2 Å². The van der Waals surface area contributed by atoms with Crippen LogP contribution in [0.25, 0.3) is 0 Å². The van der Waals surface area contributed by atoms with Crippen LogP contribution in [-0.2, 0) is 11.2 Å². The van der Waals surface area contributed by atoms with E-state index in [4.69, 9.17) is 10.8 Å². The van der Waals surface area contributed by atoms with E-state index in [1.807, 2.05) is 0 Å². The van der Waals surface area contributed by atoms with Gasteiger partial charge >= 0.3 is 5.97 Å². The van der Waals surface area contributed by atoms with Crippen molar-refractivity contribution in [3.63, 3.8) is 0 Å². The summed E-state index contributed by atoms with van der Waals surface area (Å²) in [5.41, 5.74) is 6.75. The quantitative estimate of drug-likeness (QED) is 0.749. The van der Waals surface area contributed by atoms with Gasteiger partial charge in [-0.05, 0) is 30.5 Å². The van der Waals surface area contributed by atoms with Crippen LogP contribution in [0.2, 0.25) is 0 Å². The van der Waals surface area contributed by atoms with Crippen LogP contribution in [-0.4, -0.2) is 44.9 Å². The molecule has 1 aromatic heterocycles. The van der Waals surface area contributed by atoms with Crippen LogP contribution < -0.4 is 11.3 Å². The molecule has 1 aliphatic heterocycles. The lowest BCUT2D eigenvalue weighted by Gasteiger charge is -2.33. The Morgan fingerprint density at radius 3 is 2.69 bits per heavy atom. The minimum Gasteiger partial charge on any atom is -0.478 e. The largest absolute Gasteiger partial charge is 0.478 e. The second-order valence-electron chi connectivity index (χ2n) is 6.40. The Hall–Kier alpha value is -3.16. The molecule has 0 saturated carbocycles. The molecular weight excluding hydrogens is 336 g/mol. The number of carbonyl (C=O) groups is 2. The Kier molecular flexibility index (Phi) is 5.01. The highest BCUT2D eigenvalue weighted by Gasteiger charge is 2.25. The Balaban J connectivity index is 1.68. The number of nitrogens with two attached hydrogens (primary N) is 1. The molecule has 136 valence electrons. The fourth-order valence-corrected chi connectivity index (χ4v) is 3.26. The second kappa shape index (κ2) is 7.38. The zero-order valence-electron chi connectivity index (χ0n) is 14.1. The predicted octanol–water partition coefficient (Wildman–Crippen LogP) is 0.999. The molecule has 0 radical (unpaired) electrons. The van der Waals surface area contributed by atoms with Gasteiger partial charge in [0.15, 0.2) is 0 Å². The third-order valence-electron chi connectivity index (χ3n) is 4.55. The highest BCUT2D eigenvalue weighted by molar-refractivity contribution is 5.87. The number of hydrogen-bond donors (Lipinski definition) is 3. The van der Waals surface area contributed by atoms with Crippen molar-refractivity contribution in [2.45, 2.75) is 25.2 Å². The fraction of sp³-hybridized carbons (Fsp3) is 0.333. The summed E-state index contributed by atoms with van der Waals surface area (Å²) in [7, 11) is 0. The summed E-state index contributed by atoms with van der Waals surface area (Å²) in [5, 5.41) is 8.99. The van der Waals surface area contributed by atoms with Crippen LogP contribution in [0.15, 0.2) is 35.1 Å². The van der Waals surface area contributed by atoms with Crippen molar-refractivity contribution in [1.82, 2.24) is 14.9 Å². The first-order valence-corrected chi connectivity index (χ1v) is 8.39. The number of H-pyrrole nitrogens is 1. The highest BCUT2D eigenvalue weighted by atomic mass is 16.4. The van der Waals surface area contributed by atoms with E-state index in [2.05, 4.69) is 9.97 Å². The van der Waals surface area contributed by atoms with Gasteiger partial charge in [-0.15, -0.1) is 0 Å². The predicted molar refractivity (Wildman–Crippen MR) is 94.9 cm³/mol. The molecule has 2 heterocycles. The maximum Gasteiger partial charge on any atom is 0.335 e. The van der Waals surface area contributed by atoms with Crippen LogP contribution in [0.5, 0.6) is 0 Å². The van der Waals surface area contributed by atoms with Gasteiger partial charge in [-0.1, -0.05) is 12.1 Å². The number of carbonyl (C=O) groups excluding carboxylic acids is 1. The molecule has 1 aliphatic rings. The first-order chi connectivity index (χ1) is 12.4. The molecule has 0 bridgehead atoms. The number of aromatic nitrogens is 2. The van der Waals surface area contributed by atoms with Crippen molar-refractivity contribution in [2.24, 2.45) is 0 Å². The van der Waals surface area contributed by atoms with Crippen LogP contribution in [0.1, 0.15) is 40.4 Å². The van der Waals surface area contributed by atoms with Crippen LogP contribution in [0.3, 0.4) is 0 Å². The zero-order chi connectivity index (χ0) is 18.7. The Morgan fingerprint density at radius 1 is 1.31 bits per heavy atom. The number of piperidine rings is 1. The van der Waals surface area contributed by atoms with Crippen LogP contribution >= 0.6 is 0 Å². The SMILES string of the molecule is Nc1nc(CC(=O)N2CCC[C@@H](c3ccc(C(=O)O)cc3)C2)cc(=O)[nH]1. The fourth-order valence-electron chi connectivity index (χ4n) is 3.26. The summed E-state index contributed by atoms with van der Waals surface area (Å²) >= 11 is 0. The summed E-state index contributed by atoms with van der Waals surface area (Å²) in [5.74, 6) is -0.904. The second-order valence-corrected chi connectivity index (χ2v) is 6.40. The topological polar surface area (TPSA) is 129 Å². The van der Waals surface area contributed by atoms with Crippen LogP contribution in [0, 0.1) is 0 Å². The first kappa shape index (κ1) is 17.7. The van der Waals surface area contributed by atoms with Gasteiger partial charge in [0.05, 0.1) is 17.7 Å². The molecule has 8 nitrogen and oxygen atoms in total. The molecule has 1 atom stereocenters. The average molecular weight is 356 g/mol. The van der Waals surface area contributed by atoms with E-state index < -0.39 is 5.97 Å². The summed E-state index contributed by atoms with van der Waals surface area (Å²) in [6.45, 7) is 1.21. The molecular formula is C18H20N4O4. The molecule has 1 amide bonds. The van der Waals surface area contributed by atoms with Gasteiger partial charge in [-0.2, -0.15) is 0 Å². The molecule has 1 saturated heterocycles. The number of likely N-dealkylation sites (tertiary alicyclic amines) is 1. The van der Waals surface area contributed by atoms with Crippen molar-refractivity contribution in [2.75, 3.05) is 18.8 Å². The Morgan fingerprint density at radius 2 is 2.04 bits per heavy atom. The molecule has 0 aliphatic carbocycles. The average Bonchev–Trinajstić information content (AvgIpc) is 2.61. The van der Waals surface area contributed by atoms with Crippen LogP contribution in [0.4, 0.5) is 5.95 Å². The van der Waals surface area contributed by atoms with E-state index in [0.717, 1.165) is 18.4 Å². The summed E-state index contributed by atoms with van der Waals surface area (Å²) < 4.78 is 0. The monoisotopic (exact) mass is 356 g/mol. The Labute approximate surface area is 149 Å². The number of nitrogens with one attached hydrogen (secondary N) is 1. The summed E-state index contributed by atoms with van der Waals surface area (Å²) in [6, 6.07) is 8.06. The number of carboxylic acids is 1. The van der Waals surface area contributed by atoms with Gasteiger partial charge in [0.1, 0.15) is 0 Å². The minimum absolute atomic E-state index is 0.00431. The van der Waals surface area contributed by atoms with Gasteiger partial charge in [0.2, 0.25) is 11.9 Å². The summed E-state index contributed by atoms with van der Waals surface area (Å²) in [4.78, 5) is 43.1. The van der Waals surface area contributed by atoms with Gasteiger partial charge in [0.25, 0.3) is 5.56 Å². The van der Waals surface area contributed by atoms with E-state index in [1.165, 1.54) is 6.07 Å². The van der Waals surface area contributed by atoms with Crippen molar-refractivity contribution < 1.29 is 14.7 Å². The van der Waals surface area contributed by atoms with E-state index >= 15 is 0 Å². The third kappa shape index (κ3) is 4.08. The number of anilines is 1. The molecule has 0 spiro atoms. The number of nitrogens with zero attached hydrogens (tertiary/aromatic N) is 2. The normalized spacial score (nSPS) is 17.1. The smallest absolute Gasteiger partial charge is 0.335 e. The zero-order valence-corrected chi connectivity index (χ0v) is 14.1. The van der Waals surface area contributed by atoms with Crippen molar-refractivity contribution in [1.29, 1.82) is 0 Å². The van der Waals surface area contributed by atoms with E-state index in [9.17, 15) is 14.4 Å². The lowest BCUT2D eigenvalue weighted by atomic mass is 9.90. The van der Waals surface area contributed by atoms with Crippen molar-refractivity contribution in [3.8, 4) is 0 Å². The molecule has 2 aromatic rings. The molecule has 8 heteroatoms. The maximum atomic E-state index is 12.6. The lowest BCUT2D eigenvalue weighted by molar-refractivity contribution is -0.131. The van der Waals surface area contributed by atoms with E-state index in [-0.39, 0.29) is 35.3 Å². The van der Waals surface area contributed by atoms with Gasteiger partial charge in [0, 0.05) is 25.1 Å². The standard InChI is InChI=1S/C18H20N4O4/c19-18-20-14(8-15(23)21-18)9-16(24)22-7-1-2-13(10-22)11-3-5-12(6-4-11)17(25)26/h3-6,8,13H,1-2,7,9-10H2,(H,25,26)(H3,19,20,21,23)/t13-/m1/s1. The number of hydrogen-bond acceptors (Lipinski definition) is 5. The number of rotatable bonds is 4. The number of benzene rings is 1. The number of amides is 1. The molecule has 1 fully saturated rings. The molecule has 1 aromatic carbocycles. The van der Waals surface area contributed by atoms with Gasteiger partial charge < -0.3 is 15.7 Å². The number of nitrogen functional groups attached to an aromatic ring is 1. The third-order valence-corrected chi connectivity index (χ3v) is 4.55. The van der Waals surface area contributed by atoms with Crippen molar-refractivity contribution >= 4 is 17.8 Å². The van der Waals surface area contributed by atoms with Gasteiger partial charge in [-0.3, -0.25) is 14.6 Å². The number of carboxylic acid groups (broad SMARTS) is 1. The van der Waals surface area contributed by atoms with Gasteiger partial charge in [-0.25, -0.2) is 9.78 Å². The summed E-state index contributed by atoms with van der Waals surface area (Å²) in [6.07, 6.45) is 1.83. The Bertz CT molecular complexity index is 876. The first-order valence-electron chi connectivity index (χ1n) is 8.39. The number of aromatic amines is 1. The number of aromatic carboxylic acids is 1. The highest BCUT2D eigenvalue weighted by Crippen LogP contribution is 2.27. The minimum atomic E-state index is -0.957. The maximum absolute atomic E-state index is 12.6. The van der Waals surface area contributed by atoms with Crippen molar-refractivity contribution in [3.05, 3.63) is 57.5 Å². The molecule has 0 unspecified atom stereocenters.